The summed E-state index contributed by atoms with van der Waals surface area (Å²) in [6.07, 6.45) is 0. The van der Waals surface area contributed by atoms with Gasteiger partial charge in [-0.15, -0.1) is 0 Å². The van der Waals surface area contributed by atoms with Crippen LogP contribution in [0.4, 0.5) is 5.69 Å². The van der Waals surface area contributed by atoms with Crippen LogP contribution in [0.2, 0.25) is 0 Å². The van der Waals surface area contributed by atoms with E-state index in [4.69, 9.17) is 4.74 Å². The maximum atomic E-state index is 12.1. The minimum atomic E-state index is -4.60. The van der Waals surface area contributed by atoms with E-state index in [0.29, 0.717) is 11.3 Å². The fourth-order valence-corrected chi connectivity index (χ4v) is 4.16. The molecule has 0 aliphatic rings. The van der Waals surface area contributed by atoms with Crippen LogP contribution in [0.15, 0.2) is 46.0 Å². The number of rotatable bonds is 8. The lowest BCUT2D eigenvalue weighted by molar-refractivity contribution is -0.384. The molecule has 12 nitrogen and oxygen atoms in total. The molecule has 2 aromatic carbocycles. The van der Waals surface area contributed by atoms with Crippen LogP contribution in [0.3, 0.4) is 0 Å². The molecule has 3 rings (SSSR count). The number of nitrogens with zero attached hydrogens (tertiary/aromatic N) is 1. The van der Waals surface area contributed by atoms with Gasteiger partial charge in [0.25, 0.3) is 5.69 Å². The van der Waals surface area contributed by atoms with Gasteiger partial charge in [0.15, 0.2) is 0 Å². The van der Waals surface area contributed by atoms with Gasteiger partial charge in [0.1, 0.15) is 11.4 Å². The van der Waals surface area contributed by atoms with Crippen molar-refractivity contribution < 1.29 is 24.0 Å². The van der Waals surface area contributed by atoms with Crippen molar-refractivity contribution in [1.29, 1.82) is 0 Å². The van der Waals surface area contributed by atoms with Gasteiger partial charge >= 0.3 is 18.7 Å². The van der Waals surface area contributed by atoms with E-state index in [9.17, 15) is 34.1 Å². The van der Waals surface area contributed by atoms with Crippen molar-refractivity contribution in [3.8, 4) is 5.75 Å². The monoisotopic (exact) mass is 450 g/mol. The first-order chi connectivity index (χ1) is 14.6. The summed E-state index contributed by atoms with van der Waals surface area (Å²) in [7, 11) is -3.22. The largest absolute Gasteiger partial charge is 0.496 e. The second kappa shape index (κ2) is 8.82. The van der Waals surface area contributed by atoms with Gasteiger partial charge in [-0.05, 0) is 11.6 Å². The summed E-state index contributed by atoms with van der Waals surface area (Å²) < 4.78 is 17.3. The molecule has 1 unspecified atom stereocenters. The van der Waals surface area contributed by atoms with Gasteiger partial charge in [-0.25, -0.2) is 0 Å². The van der Waals surface area contributed by atoms with Crippen molar-refractivity contribution in [3.63, 3.8) is 0 Å². The molecule has 0 fully saturated rings. The second-order valence-corrected chi connectivity index (χ2v) is 8.47. The summed E-state index contributed by atoms with van der Waals surface area (Å²) in [6, 6.07) is 8.72. The Balaban J connectivity index is 1.94. The molecule has 1 heterocycles. The van der Waals surface area contributed by atoms with Gasteiger partial charge < -0.3 is 29.8 Å². The number of methoxy groups -OCH3 is 1. The van der Waals surface area contributed by atoms with Gasteiger partial charge in [-0.3, -0.25) is 24.3 Å². The molecule has 0 spiro atoms. The summed E-state index contributed by atoms with van der Waals surface area (Å²) in [5.41, 5.74) is -2.64. The van der Waals surface area contributed by atoms with Crippen molar-refractivity contribution in [2.45, 2.75) is 12.2 Å². The number of aromatic amines is 2. The van der Waals surface area contributed by atoms with Gasteiger partial charge in [0, 0.05) is 30.8 Å². The fraction of sp³-hybridized carbons (Fsp3) is 0.222. The maximum absolute atomic E-state index is 12.1. The highest BCUT2D eigenvalue weighted by Crippen LogP contribution is 2.53. The SMILES string of the molecule is COc1ccccc1C(CNCc1cc([N+](=O)[O-])cc2[nH]c(=O)c(=O)[nH]c12)P(=O)(O)O. The Labute approximate surface area is 174 Å². The molecule has 0 radical (unpaired) electrons. The number of hydrogen-bond donors (Lipinski definition) is 5. The van der Waals surface area contributed by atoms with Gasteiger partial charge in [0.05, 0.1) is 23.1 Å². The summed E-state index contributed by atoms with van der Waals surface area (Å²) >= 11 is 0. The molecule has 1 aromatic heterocycles. The van der Waals surface area contributed by atoms with E-state index >= 15 is 0 Å². The van der Waals surface area contributed by atoms with E-state index in [2.05, 4.69) is 15.3 Å². The number of aromatic nitrogens is 2. The first-order valence-electron chi connectivity index (χ1n) is 8.94. The van der Waals surface area contributed by atoms with E-state index in [1.165, 1.54) is 19.2 Å². The number of ether oxygens (including phenoxy) is 1. The summed E-state index contributed by atoms with van der Waals surface area (Å²) in [6.45, 7) is -0.270. The van der Waals surface area contributed by atoms with Crippen LogP contribution in [-0.4, -0.2) is 38.3 Å². The van der Waals surface area contributed by atoms with Crippen LogP contribution in [-0.2, 0) is 11.1 Å². The molecule has 0 saturated heterocycles. The highest BCUT2D eigenvalue weighted by Gasteiger charge is 2.32. The van der Waals surface area contributed by atoms with Crippen molar-refractivity contribution >= 4 is 24.3 Å². The molecular formula is C18H19N4O8P. The third-order valence-corrected chi connectivity index (χ3v) is 5.94. The standard InChI is InChI=1S/C18H19N4O8P/c1-30-14-5-3-2-4-12(14)15(31(27,28)29)9-19-8-10-6-11(22(25)26)7-13-16(10)21-18(24)17(23)20-13/h2-7,15,19H,8-9H2,1H3,(H,20,23)(H,21,24)(H2,27,28,29). The minimum absolute atomic E-state index is 0.0619. The van der Waals surface area contributed by atoms with Crippen LogP contribution in [0, 0.1) is 10.1 Å². The Morgan fingerprint density at radius 1 is 1.19 bits per heavy atom. The quantitative estimate of drug-likeness (QED) is 0.145. The van der Waals surface area contributed by atoms with E-state index in [-0.39, 0.29) is 35.4 Å². The van der Waals surface area contributed by atoms with Crippen LogP contribution in [0.1, 0.15) is 16.8 Å². The van der Waals surface area contributed by atoms with Crippen LogP contribution < -0.4 is 21.2 Å². The molecule has 1 atom stereocenters. The topological polar surface area (TPSA) is 188 Å². The molecule has 0 bridgehead atoms. The number of benzene rings is 2. The van der Waals surface area contributed by atoms with Gasteiger partial charge in [-0.2, -0.15) is 0 Å². The lowest BCUT2D eigenvalue weighted by Gasteiger charge is -2.21. The van der Waals surface area contributed by atoms with Crippen molar-refractivity contribution in [2.24, 2.45) is 0 Å². The molecule has 0 aliphatic carbocycles. The molecule has 0 aliphatic heterocycles. The average Bonchev–Trinajstić information content (AvgIpc) is 2.71. The second-order valence-electron chi connectivity index (χ2n) is 6.67. The van der Waals surface area contributed by atoms with Crippen molar-refractivity contribution in [2.75, 3.05) is 13.7 Å². The zero-order valence-corrected chi connectivity index (χ0v) is 17.1. The number of nitrogens with one attached hydrogen (secondary N) is 3. The van der Waals surface area contributed by atoms with Gasteiger partial charge in [-0.1, -0.05) is 18.2 Å². The normalized spacial score (nSPS) is 12.6. The number of nitro benzene ring substituents is 1. The summed E-state index contributed by atoms with van der Waals surface area (Å²) in [5, 5.41) is 14.1. The number of hydrogen-bond acceptors (Lipinski definition) is 7. The maximum Gasteiger partial charge on any atom is 0.334 e. The van der Waals surface area contributed by atoms with E-state index in [1.807, 2.05) is 0 Å². The predicted octanol–water partition coefficient (Wildman–Crippen LogP) is 1.14. The molecule has 164 valence electrons. The number of para-hydroxylation sites is 1. The van der Waals surface area contributed by atoms with E-state index < -0.39 is 29.3 Å². The molecule has 3 aromatic rings. The summed E-state index contributed by atoms with van der Waals surface area (Å²) in [5.74, 6) is 0.306. The van der Waals surface area contributed by atoms with E-state index in [0.717, 1.165) is 6.07 Å². The Morgan fingerprint density at radius 3 is 2.52 bits per heavy atom. The molecule has 13 heteroatoms. The lowest BCUT2D eigenvalue weighted by Crippen LogP contribution is -2.29. The first kappa shape index (κ1) is 22.4. The number of non-ortho nitro benzene ring substituents is 1. The molecular weight excluding hydrogens is 431 g/mol. The third kappa shape index (κ3) is 4.89. The molecule has 0 saturated carbocycles. The van der Waals surface area contributed by atoms with Crippen LogP contribution in [0.5, 0.6) is 5.75 Å². The zero-order valence-electron chi connectivity index (χ0n) is 16.2. The number of H-pyrrole nitrogens is 2. The Morgan fingerprint density at radius 2 is 1.87 bits per heavy atom. The zero-order chi connectivity index (χ0) is 22.8. The average molecular weight is 450 g/mol. The van der Waals surface area contributed by atoms with Crippen LogP contribution in [0.25, 0.3) is 11.0 Å². The van der Waals surface area contributed by atoms with Crippen LogP contribution >= 0.6 is 7.60 Å². The molecule has 5 N–H and O–H groups in total. The third-order valence-electron chi connectivity index (χ3n) is 4.67. The van der Waals surface area contributed by atoms with Crippen molar-refractivity contribution in [1.82, 2.24) is 15.3 Å². The number of fused-ring (bicyclic) bond motifs is 1. The summed E-state index contributed by atoms with van der Waals surface area (Å²) in [4.78, 5) is 58.2. The Bertz CT molecular complexity index is 1300. The Hall–Kier alpha value is -3.31. The van der Waals surface area contributed by atoms with Gasteiger partial charge in [0.2, 0.25) is 0 Å². The first-order valence-corrected chi connectivity index (χ1v) is 10.6. The lowest BCUT2D eigenvalue weighted by atomic mass is 10.1. The predicted molar refractivity (Wildman–Crippen MR) is 111 cm³/mol. The Kier molecular flexibility index (Phi) is 6.37. The highest BCUT2D eigenvalue weighted by molar-refractivity contribution is 7.52. The number of nitro groups is 1. The minimum Gasteiger partial charge on any atom is -0.496 e. The van der Waals surface area contributed by atoms with E-state index in [1.54, 1.807) is 18.2 Å². The van der Waals surface area contributed by atoms with Crippen molar-refractivity contribution in [3.05, 3.63) is 78.3 Å². The molecule has 31 heavy (non-hydrogen) atoms. The molecule has 0 amide bonds. The smallest absolute Gasteiger partial charge is 0.334 e. The fourth-order valence-electron chi connectivity index (χ4n) is 3.22. The highest BCUT2D eigenvalue weighted by atomic mass is 31.2.